The zero-order chi connectivity index (χ0) is 15.7. The molecule has 5 nitrogen and oxygen atoms in total. The van der Waals surface area contributed by atoms with Crippen molar-refractivity contribution < 1.29 is 9.47 Å². The third-order valence-electron chi connectivity index (χ3n) is 2.72. The molecule has 22 heavy (non-hydrogen) atoms. The summed E-state index contributed by atoms with van der Waals surface area (Å²) in [5.41, 5.74) is 1.02. The lowest BCUT2D eigenvalue weighted by molar-refractivity contribution is 0.354. The van der Waals surface area contributed by atoms with Crippen LogP contribution in [0.5, 0.6) is 11.5 Å². The van der Waals surface area contributed by atoms with E-state index < -0.39 is 0 Å². The molecule has 1 aromatic rings. The van der Waals surface area contributed by atoms with Crippen molar-refractivity contribution in [3.8, 4) is 11.5 Å². The molecule has 0 heterocycles. The number of methoxy groups -OCH3 is 2. The van der Waals surface area contributed by atoms with E-state index in [0.717, 1.165) is 22.5 Å². The quantitative estimate of drug-likeness (QED) is 0.270. The van der Waals surface area contributed by atoms with Gasteiger partial charge in [0.05, 0.1) is 20.8 Å². The molecule has 124 valence electrons. The van der Waals surface area contributed by atoms with Crippen molar-refractivity contribution in [2.45, 2.75) is 13.5 Å². The smallest absolute Gasteiger partial charge is 0.191 e. The maximum Gasteiger partial charge on any atom is 0.191 e. The van der Waals surface area contributed by atoms with Gasteiger partial charge in [-0.1, -0.05) is 22.0 Å². The first kappa shape index (κ1) is 21.0. The van der Waals surface area contributed by atoms with Crippen molar-refractivity contribution >= 4 is 45.9 Å². The van der Waals surface area contributed by atoms with Gasteiger partial charge in [0.1, 0.15) is 0 Å². The number of nitrogens with zero attached hydrogens (tertiary/aromatic N) is 1. The second-order valence-corrected chi connectivity index (χ2v) is 5.02. The van der Waals surface area contributed by atoms with E-state index in [4.69, 9.17) is 9.47 Å². The molecular formula is C15H23BrIN3O2. The Kier molecular flexibility index (Phi) is 11.1. The summed E-state index contributed by atoms with van der Waals surface area (Å²) in [6.07, 6.45) is 1.79. The van der Waals surface area contributed by atoms with Gasteiger partial charge in [-0.05, 0) is 24.6 Å². The molecule has 0 spiro atoms. The number of rotatable bonds is 7. The number of benzene rings is 1. The van der Waals surface area contributed by atoms with Crippen LogP contribution < -0.4 is 20.1 Å². The van der Waals surface area contributed by atoms with Gasteiger partial charge in [0, 0.05) is 17.6 Å². The van der Waals surface area contributed by atoms with Crippen molar-refractivity contribution in [3.63, 3.8) is 0 Å². The number of hydrogen-bond acceptors (Lipinski definition) is 3. The van der Waals surface area contributed by atoms with E-state index in [2.05, 4.69) is 38.1 Å². The molecule has 0 aliphatic heterocycles. The monoisotopic (exact) mass is 483 g/mol. The normalized spacial score (nSPS) is 10.5. The Balaban J connectivity index is 0.00000441. The van der Waals surface area contributed by atoms with Gasteiger partial charge in [-0.15, -0.1) is 30.6 Å². The molecule has 0 aliphatic carbocycles. The Morgan fingerprint density at radius 3 is 2.45 bits per heavy atom. The van der Waals surface area contributed by atoms with Crippen LogP contribution >= 0.6 is 39.9 Å². The lowest BCUT2D eigenvalue weighted by atomic mass is 10.2. The fraction of sp³-hybridized carbons (Fsp3) is 0.400. The van der Waals surface area contributed by atoms with Crippen molar-refractivity contribution in [3.05, 3.63) is 34.8 Å². The fourth-order valence-corrected chi connectivity index (χ4v) is 2.14. The minimum Gasteiger partial charge on any atom is -0.493 e. The molecule has 0 radical (unpaired) electrons. The van der Waals surface area contributed by atoms with E-state index in [1.807, 2.05) is 19.1 Å². The summed E-state index contributed by atoms with van der Waals surface area (Å²) in [4.78, 5) is 4.53. The Bertz CT molecular complexity index is 510. The molecule has 1 rings (SSSR count). The second kappa shape index (κ2) is 11.6. The molecular weight excluding hydrogens is 461 g/mol. The highest BCUT2D eigenvalue weighted by atomic mass is 127. The maximum atomic E-state index is 5.31. The highest BCUT2D eigenvalue weighted by Crippen LogP contribution is 2.33. The Morgan fingerprint density at radius 2 is 1.91 bits per heavy atom. The predicted octanol–water partition coefficient (Wildman–Crippen LogP) is 3.33. The molecule has 0 aromatic heterocycles. The van der Waals surface area contributed by atoms with Gasteiger partial charge in [-0.25, -0.2) is 4.99 Å². The van der Waals surface area contributed by atoms with Crippen molar-refractivity contribution in [1.82, 2.24) is 10.6 Å². The number of hydrogen-bond donors (Lipinski definition) is 2. The van der Waals surface area contributed by atoms with E-state index in [-0.39, 0.29) is 24.0 Å². The molecule has 0 fully saturated rings. The molecule has 1 aromatic carbocycles. The van der Waals surface area contributed by atoms with E-state index in [1.54, 1.807) is 20.3 Å². The van der Waals surface area contributed by atoms with Crippen LogP contribution in [0.15, 0.2) is 34.3 Å². The summed E-state index contributed by atoms with van der Waals surface area (Å²) in [7, 11) is 3.24. The highest BCUT2D eigenvalue weighted by Gasteiger charge is 2.09. The minimum atomic E-state index is 0. The minimum absolute atomic E-state index is 0. The van der Waals surface area contributed by atoms with Gasteiger partial charge in [0.15, 0.2) is 17.5 Å². The number of ether oxygens (including phenoxy) is 2. The number of aliphatic imine (C=N–C) groups is 1. The zero-order valence-electron chi connectivity index (χ0n) is 13.1. The summed E-state index contributed by atoms with van der Waals surface area (Å²) in [6.45, 7) is 7.70. The summed E-state index contributed by atoms with van der Waals surface area (Å²) >= 11 is 3.53. The molecule has 7 heteroatoms. The molecule has 0 saturated carbocycles. The SMILES string of the molecule is C=CCNC(=NCc1cc(OC)c(OC)cc1Br)NCC.I. The van der Waals surface area contributed by atoms with Crippen LogP contribution in [-0.4, -0.2) is 33.3 Å². The summed E-state index contributed by atoms with van der Waals surface area (Å²) < 4.78 is 11.5. The molecule has 0 unspecified atom stereocenters. The van der Waals surface area contributed by atoms with E-state index >= 15 is 0 Å². The lowest BCUT2D eigenvalue weighted by Gasteiger charge is -2.12. The Hall–Kier alpha value is -0.960. The van der Waals surface area contributed by atoms with Gasteiger partial charge in [0.2, 0.25) is 0 Å². The predicted molar refractivity (Wildman–Crippen MR) is 106 cm³/mol. The van der Waals surface area contributed by atoms with Crippen LogP contribution in [0.2, 0.25) is 0 Å². The summed E-state index contributed by atoms with van der Waals surface area (Å²) in [6, 6.07) is 3.80. The number of guanidine groups is 1. The van der Waals surface area contributed by atoms with Gasteiger partial charge in [0.25, 0.3) is 0 Å². The molecule has 0 atom stereocenters. The standard InChI is InChI=1S/C15H22BrN3O2.HI/c1-5-7-18-15(17-6-2)19-10-11-8-13(20-3)14(21-4)9-12(11)16;/h5,8-9H,1,6-7,10H2,2-4H3,(H2,17,18,19);1H. The van der Waals surface area contributed by atoms with Crippen molar-refractivity contribution in [2.75, 3.05) is 27.3 Å². The van der Waals surface area contributed by atoms with Crippen molar-refractivity contribution in [2.24, 2.45) is 4.99 Å². The van der Waals surface area contributed by atoms with Gasteiger partial charge in [-0.3, -0.25) is 0 Å². The molecule has 0 amide bonds. The van der Waals surface area contributed by atoms with Crippen LogP contribution in [0.4, 0.5) is 0 Å². The maximum absolute atomic E-state index is 5.31. The largest absolute Gasteiger partial charge is 0.493 e. The lowest BCUT2D eigenvalue weighted by Crippen LogP contribution is -2.37. The first-order chi connectivity index (χ1) is 10.2. The van der Waals surface area contributed by atoms with Crippen LogP contribution in [0.1, 0.15) is 12.5 Å². The third-order valence-corrected chi connectivity index (χ3v) is 3.46. The summed E-state index contributed by atoms with van der Waals surface area (Å²) in [5.74, 6) is 2.13. The molecule has 0 saturated heterocycles. The molecule has 0 bridgehead atoms. The Morgan fingerprint density at radius 1 is 1.27 bits per heavy atom. The number of halogens is 2. The zero-order valence-corrected chi connectivity index (χ0v) is 17.0. The van der Waals surface area contributed by atoms with E-state index in [1.165, 1.54) is 0 Å². The van der Waals surface area contributed by atoms with Crippen LogP contribution in [0.25, 0.3) is 0 Å². The summed E-state index contributed by atoms with van der Waals surface area (Å²) in [5, 5.41) is 6.34. The first-order valence-corrected chi connectivity index (χ1v) is 7.49. The van der Waals surface area contributed by atoms with Crippen molar-refractivity contribution in [1.29, 1.82) is 0 Å². The highest BCUT2D eigenvalue weighted by molar-refractivity contribution is 14.0. The topological polar surface area (TPSA) is 54.9 Å². The van der Waals surface area contributed by atoms with E-state index in [0.29, 0.717) is 24.6 Å². The Labute approximate surface area is 157 Å². The average Bonchev–Trinajstić information content (AvgIpc) is 2.50. The van der Waals surface area contributed by atoms with Crippen LogP contribution in [-0.2, 0) is 6.54 Å². The van der Waals surface area contributed by atoms with Crippen LogP contribution in [0, 0.1) is 0 Å². The third kappa shape index (κ3) is 6.43. The van der Waals surface area contributed by atoms with Gasteiger partial charge in [-0.2, -0.15) is 0 Å². The van der Waals surface area contributed by atoms with Gasteiger partial charge < -0.3 is 20.1 Å². The molecule has 2 N–H and O–H groups in total. The van der Waals surface area contributed by atoms with Crippen LogP contribution in [0.3, 0.4) is 0 Å². The fourth-order valence-electron chi connectivity index (χ4n) is 1.69. The van der Waals surface area contributed by atoms with Gasteiger partial charge >= 0.3 is 0 Å². The first-order valence-electron chi connectivity index (χ1n) is 6.69. The average molecular weight is 484 g/mol. The van der Waals surface area contributed by atoms with E-state index in [9.17, 15) is 0 Å². The number of nitrogens with one attached hydrogen (secondary N) is 2. The second-order valence-electron chi connectivity index (χ2n) is 4.16. The molecule has 0 aliphatic rings.